The van der Waals surface area contributed by atoms with E-state index in [9.17, 15) is 0 Å². The van der Waals surface area contributed by atoms with Gasteiger partial charge in [-0.2, -0.15) is 0 Å². The van der Waals surface area contributed by atoms with Gasteiger partial charge in [-0.1, -0.05) is 61.0 Å². The largest absolute Gasteiger partial charge is 0.249 e. The van der Waals surface area contributed by atoms with Gasteiger partial charge in [0.25, 0.3) is 0 Å². The second-order valence-electron chi connectivity index (χ2n) is 5.25. The minimum atomic E-state index is 0.399. The highest BCUT2D eigenvalue weighted by Crippen LogP contribution is 2.27. The molecule has 3 heteroatoms. The predicted octanol–water partition coefficient (Wildman–Crippen LogP) is 4.46. The zero-order valence-corrected chi connectivity index (χ0v) is 12.0. The van der Waals surface area contributed by atoms with Gasteiger partial charge in [-0.3, -0.25) is 0 Å². The molecule has 3 rings (SSSR count). The summed E-state index contributed by atoms with van der Waals surface area (Å²) in [4.78, 5) is 0. The van der Waals surface area contributed by atoms with Crippen molar-refractivity contribution in [2.24, 2.45) is 0 Å². The molecule has 0 aliphatic rings. The van der Waals surface area contributed by atoms with Gasteiger partial charge in [0.05, 0.1) is 12.2 Å². The van der Waals surface area contributed by atoms with Crippen LogP contribution in [0.15, 0.2) is 48.7 Å². The molecule has 0 amide bonds. The maximum atomic E-state index is 4.35. The molecule has 0 saturated carbocycles. The standard InChI is InChI=1S/C17H19N3/c1-3-7-13(2)20-12-17(18-19-20)16-11-6-9-14-8-4-5-10-15(14)16/h4-6,8-13H,3,7H2,1-2H3. The van der Waals surface area contributed by atoms with Crippen LogP contribution in [0.1, 0.15) is 32.7 Å². The highest BCUT2D eigenvalue weighted by Gasteiger charge is 2.10. The molecule has 1 heterocycles. The first-order valence-corrected chi connectivity index (χ1v) is 7.19. The van der Waals surface area contributed by atoms with Crippen LogP contribution in [0.5, 0.6) is 0 Å². The molecule has 0 N–H and O–H groups in total. The summed E-state index contributed by atoms with van der Waals surface area (Å²) in [7, 11) is 0. The predicted molar refractivity (Wildman–Crippen MR) is 82.6 cm³/mol. The van der Waals surface area contributed by atoms with E-state index in [1.807, 2.05) is 4.68 Å². The molecule has 0 bridgehead atoms. The summed E-state index contributed by atoms with van der Waals surface area (Å²) >= 11 is 0. The van der Waals surface area contributed by atoms with E-state index in [0.29, 0.717) is 6.04 Å². The van der Waals surface area contributed by atoms with Crippen LogP contribution >= 0.6 is 0 Å². The van der Waals surface area contributed by atoms with Gasteiger partial charge in [-0.15, -0.1) is 5.10 Å². The Kier molecular flexibility index (Phi) is 3.50. The SMILES string of the molecule is CCCC(C)n1cc(-c2cccc3ccccc23)nn1. The first-order valence-electron chi connectivity index (χ1n) is 7.19. The van der Waals surface area contributed by atoms with Crippen LogP contribution in [0, 0.1) is 0 Å². The van der Waals surface area contributed by atoms with Gasteiger partial charge in [-0.25, -0.2) is 4.68 Å². The monoisotopic (exact) mass is 265 g/mol. The van der Waals surface area contributed by atoms with Crippen LogP contribution in [0.4, 0.5) is 0 Å². The number of nitrogens with zero attached hydrogens (tertiary/aromatic N) is 3. The third-order valence-electron chi connectivity index (χ3n) is 3.73. The van der Waals surface area contributed by atoms with E-state index in [1.165, 1.54) is 10.8 Å². The van der Waals surface area contributed by atoms with Crippen LogP contribution in [-0.2, 0) is 0 Å². The number of benzene rings is 2. The molecule has 0 aliphatic carbocycles. The summed E-state index contributed by atoms with van der Waals surface area (Å²) in [6.07, 6.45) is 4.34. The lowest BCUT2D eigenvalue weighted by Crippen LogP contribution is -2.05. The lowest BCUT2D eigenvalue weighted by Gasteiger charge is -2.08. The molecular formula is C17H19N3. The van der Waals surface area contributed by atoms with Crippen molar-refractivity contribution in [2.75, 3.05) is 0 Å². The molecular weight excluding hydrogens is 246 g/mol. The van der Waals surface area contributed by atoms with E-state index < -0.39 is 0 Å². The van der Waals surface area contributed by atoms with Gasteiger partial charge in [-0.05, 0) is 24.1 Å². The third-order valence-corrected chi connectivity index (χ3v) is 3.73. The molecule has 3 nitrogen and oxygen atoms in total. The van der Waals surface area contributed by atoms with Crippen molar-refractivity contribution >= 4 is 10.8 Å². The fourth-order valence-corrected chi connectivity index (χ4v) is 2.61. The molecule has 1 aromatic heterocycles. The summed E-state index contributed by atoms with van der Waals surface area (Å²) in [6.45, 7) is 4.38. The zero-order valence-electron chi connectivity index (χ0n) is 12.0. The van der Waals surface area contributed by atoms with Gasteiger partial charge in [0.2, 0.25) is 0 Å². The van der Waals surface area contributed by atoms with Gasteiger partial charge in [0.15, 0.2) is 0 Å². The number of aromatic nitrogens is 3. The van der Waals surface area contributed by atoms with Crippen molar-refractivity contribution in [3.8, 4) is 11.3 Å². The van der Waals surface area contributed by atoms with Crippen molar-refractivity contribution in [1.82, 2.24) is 15.0 Å². The smallest absolute Gasteiger partial charge is 0.113 e. The summed E-state index contributed by atoms with van der Waals surface area (Å²) in [5.74, 6) is 0. The van der Waals surface area contributed by atoms with E-state index in [0.717, 1.165) is 24.1 Å². The van der Waals surface area contributed by atoms with Gasteiger partial charge < -0.3 is 0 Å². The molecule has 1 unspecified atom stereocenters. The number of hydrogen-bond acceptors (Lipinski definition) is 2. The van der Waals surface area contributed by atoms with E-state index >= 15 is 0 Å². The van der Waals surface area contributed by atoms with Crippen molar-refractivity contribution in [3.05, 3.63) is 48.7 Å². The van der Waals surface area contributed by atoms with E-state index in [-0.39, 0.29) is 0 Å². The normalized spacial score (nSPS) is 12.7. The van der Waals surface area contributed by atoms with E-state index in [4.69, 9.17) is 0 Å². The topological polar surface area (TPSA) is 30.7 Å². The second-order valence-corrected chi connectivity index (χ2v) is 5.25. The van der Waals surface area contributed by atoms with Crippen molar-refractivity contribution < 1.29 is 0 Å². The Labute approximate surface area is 119 Å². The van der Waals surface area contributed by atoms with Gasteiger partial charge in [0, 0.05) is 5.56 Å². The number of hydrogen-bond donors (Lipinski definition) is 0. The Balaban J connectivity index is 2.03. The quantitative estimate of drug-likeness (QED) is 0.697. The highest BCUT2D eigenvalue weighted by molar-refractivity contribution is 5.95. The molecule has 102 valence electrons. The van der Waals surface area contributed by atoms with Crippen LogP contribution in [0.3, 0.4) is 0 Å². The second kappa shape index (κ2) is 5.45. The minimum absolute atomic E-state index is 0.399. The molecule has 0 radical (unpaired) electrons. The average Bonchev–Trinajstić information content (AvgIpc) is 2.97. The molecule has 0 aliphatic heterocycles. The molecule has 1 atom stereocenters. The summed E-state index contributed by atoms with van der Waals surface area (Å²) in [5.41, 5.74) is 2.10. The lowest BCUT2D eigenvalue weighted by atomic mass is 10.0. The lowest BCUT2D eigenvalue weighted by molar-refractivity contribution is 0.443. The Morgan fingerprint density at radius 1 is 1.10 bits per heavy atom. The first kappa shape index (κ1) is 12.9. The van der Waals surface area contributed by atoms with Crippen LogP contribution in [0.25, 0.3) is 22.0 Å². The molecule has 20 heavy (non-hydrogen) atoms. The minimum Gasteiger partial charge on any atom is -0.249 e. The van der Waals surface area contributed by atoms with Crippen molar-refractivity contribution in [1.29, 1.82) is 0 Å². The maximum Gasteiger partial charge on any atom is 0.113 e. The van der Waals surface area contributed by atoms with E-state index in [2.05, 4.69) is 72.8 Å². The molecule has 0 spiro atoms. The first-order chi connectivity index (χ1) is 9.79. The molecule has 0 fully saturated rings. The van der Waals surface area contributed by atoms with E-state index in [1.54, 1.807) is 0 Å². The molecule has 2 aromatic carbocycles. The van der Waals surface area contributed by atoms with Crippen LogP contribution in [-0.4, -0.2) is 15.0 Å². The van der Waals surface area contributed by atoms with Gasteiger partial charge in [0.1, 0.15) is 5.69 Å². The fourth-order valence-electron chi connectivity index (χ4n) is 2.61. The Hall–Kier alpha value is -2.16. The Morgan fingerprint density at radius 2 is 1.90 bits per heavy atom. The summed E-state index contributed by atoms with van der Waals surface area (Å²) in [6, 6.07) is 15.1. The Morgan fingerprint density at radius 3 is 2.75 bits per heavy atom. The fraction of sp³-hybridized carbons (Fsp3) is 0.294. The molecule has 3 aromatic rings. The number of rotatable bonds is 4. The van der Waals surface area contributed by atoms with Crippen LogP contribution < -0.4 is 0 Å². The molecule has 0 saturated heterocycles. The van der Waals surface area contributed by atoms with Crippen LogP contribution in [0.2, 0.25) is 0 Å². The average molecular weight is 265 g/mol. The van der Waals surface area contributed by atoms with Crippen molar-refractivity contribution in [2.45, 2.75) is 32.7 Å². The summed E-state index contributed by atoms with van der Waals surface area (Å²) in [5, 5.41) is 11.1. The van der Waals surface area contributed by atoms with Crippen molar-refractivity contribution in [3.63, 3.8) is 0 Å². The van der Waals surface area contributed by atoms with Gasteiger partial charge >= 0.3 is 0 Å². The third kappa shape index (κ3) is 2.31. The number of fused-ring (bicyclic) bond motifs is 1. The summed E-state index contributed by atoms with van der Waals surface area (Å²) < 4.78 is 1.97. The Bertz CT molecular complexity index is 710. The maximum absolute atomic E-state index is 4.35. The zero-order chi connectivity index (χ0) is 13.9. The highest BCUT2D eigenvalue weighted by atomic mass is 15.4.